The van der Waals surface area contributed by atoms with Crippen LogP contribution < -0.4 is 20.7 Å². The first-order valence-corrected chi connectivity index (χ1v) is 12.5. The van der Waals surface area contributed by atoms with Crippen molar-refractivity contribution < 1.29 is 27.2 Å². The number of benzene rings is 2. The van der Waals surface area contributed by atoms with Crippen molar-refractivity contribution in [2.24, 2.45) is 0 Å². The van der Waals surface area contributed by atoms with Crippen molar-refractivity contribution in [1.29, 1.82) is 0 Å². The monoisotopic (exact) mass is 506 g/mol. The first kappa shape index (κ1) is 27.9. The number of aryl methyl sites for hydroxylation is 1. The van der Waals surface area contributed by atoms with E-state index >= 15 is 0 Å². The Hall–Kier alpha value is -3.31. The molecule has 0 bridgehead atoms. The van der Waals surface area contributed by atoms with E-state index in [1.807, 2.05) is 6.92 Å². The van der Waals surface area contributed by atoms with Crippen LogP contribution >= 0.6 is 0 Å². The molecular formula is C24H31FN4O5S. The van der Waals surface area contributed by atoms with Gasteiger partial charge in [-0.15, -0.1) is 0 Å². The number of hydrogen-bond donors (Lipinski definition) is 4. The van der Waals surface area contributed by atoms with E-state index in [1.165, 1.54) is 30.3 Å². The van der Waals surface area contributed by atoms with Gasteiger partial charge in [0.25, 0.3) is 5.91 Å². The highest BCUT2D eigenvalue weighted by Crippen LogP contribution is 2.12. The van der Waals surface area contributed by atoms with Crippen LogP contribution in [-0.2, 0) is 19.6 Å². The molecule has 11 heteroatoms. The first-order valence-electron chi connectivity index (χ1n) is 11.0. The molecule has 1 atom stereocenters. The number of carbonyl (C=O) groups is 3. The van der Waals surface area contributed by atoms with Crippen LogP contribution in [0.4, 0.5) is 4.39 Å². The van der Waals surface area contributed by atoms with Gasteiger partial charge in [0, 0.05) is 18.6 Å². The molecule has 0 saturated heterocycles. The average molecular weight is 507 g/mol. The third-order valence-electron chi connectivity index (χ3n) is 4.68. The Morgan fingerprint density at radius 2 is 1.54 bits per heavy atom. The fraction of sp³-hybridized carbons (Fsp3) is 0.375. The summed E-state index contributed by atoms with van der Waals surface area (Å²) in [5, 5.41) is 7.67. The third kappa shape index (κ3) is 9.10. The lowest BCUT2D eigenvalue weighted by Gasteiger charge is -2.23. The van der Waals surface area contributed by atoms with E-state index in [2.05, 4.69) is 20.7 Å². The van der Waals surface area contributed by atoms with Crippen molar-refractivity contribution in [3.8, 4) is 0 Å². The van der Waals surface area contributed by atoms with Gasteiger partial charge in [-0.05, 0) is 52.0 Å². The van der Waals surface area contributed by atoms with Crippen LogP contribution in [0.25, 0.3) is 0 Å². The van der Waals surface area contributed by atoms with Crippen molar-refractivity contribution in [3.63, 3.8) is 0 Å². The number of rotatable bonds is 10. The number of hydrogen-bond acceptors (Lipinski definition) is 5. The van der Waals surface area contributed by atoms with Gasteiger partial charge >= 0.3 is 0 Å². The van der Waals surface area contributed by atoms with Crippen LogP contribution in [-0.4, -0.2) is 50.8 Å². The van der Waals surface area contributed by atoms with Gasteiger partial charge in [-0.3, -0.25) is 14.4 Å². The summed E-state index contributed by atoms with van der Waals surface area (Å²) in [6.45, 7) is 6.98. The summed E-state index contributed by atoms with van der Waals surface area (Å²) >= 11 is 0. The van der Waals surface area contributed by atoms with Gasteiger partial charge in [0.2, 0.25) is 21.8 Å². The van der Waals surface area contributed by atoms with Gasteiger partial charge in [0.05, 0.1) is 16.9 Å². The summed E-state index contributed by atoms with van der Waals surface area (Å²) in [6, 6.07) is 10.1. The molecule has 0 aliphatic heterocycles. The van der Waals surface area contributed by atoms with Crippen LogP contribution in [0.3, 0.4) is 0 Å². The second-order valence-electron chi connectivity index (χ2n) is 9.02. The van der Waals surface area contributed by atoms with E-state index in [0.717, 1.165) is 11.6 Å². The lowest BCUT2D eigenvalue weighted by molar-refractivity contribution is -0.128. The molecule has 35 heavy (non-hydrogen) atoms. The molecule has 0 spiro atoms. The zero-order valence-electron chi connectivity index (χ0n) is 20.1. The molecule has 9 nitrogen and oxygen atoms in total. The number of halogens is 1. The van der Waals surface area contributed by atoms with Crippen LogP contribution in [0, 0.1) is 12.7 Å². The van der Waals surface area contributed by atoms with E-state index in [1.54, 1.807) is 32.9 Å². The molecule has 4 N–H and O–H groups in total. The average Bonchev–Trinajstić information content (AvgIpc) is 2.75. The standard InChI is InChI=1S/C24H31FN4O5S/c1-16-9-11-17(12-10-16)35(33,34)29-20(15-21(30)28-24(2,3)4)23(32)27-14-13-26-22(31)18-7-5-6-8-19(18)25/h5-12,20,29H,13-15H2,1-4H3,(H,26,31)(H,27,32)(H,28,30)/t20-/m0/s1. The van der Waals surface area contributed by atoms with Gasteiger partial charge in [-0.2, -0.15) is 4.72 Å². The smallest absolute Gasteiger partial charge is 0.254 e. The molecule has 0 radical (unpaired) electrons. The largest absolute Gasteiger partial charge is 0.353 e. The van der Waals surface area contributed by atoms with E-state index in [9.17, 15) is 27.2 Å². The number of sulfonamides is 1. The minimum absolute atomic E-state index is 0.0372. The van der Waals surface area contributed by atoms with Gasteiger partial charge < -0.3 is 16.0 Å². The normalized spacial score (nSPS) is 12.5. The molecule has 0 saturated carbocycles. The molecule has 0 unspecified atom stereocenters. The fourth-order valence-corrected chi connectivity index (χ4v) is 4.24. The second kappa shape index (κ2) is 11.9. The summed E-state index contributed by atoms with van der Waals surface area (Å²) < 4.78 is 41.6. The first-order chi connectivity index (χ1) is 16.3. The topological polar surface area (TPSA) is 133 Å². The Morgan fingerprint density at radius 1 is 0.943 bits per heavy atom. The Kier molecular flexibility index (Phi) is 9.49. The van der Waals surface area contributed by atoms with Crippen molar-refractivity contribution in [2.75, 3.05) is 13.1 Å². The Morgan fingerprint density at radius 3 is 2.14 bits per heavy atom. The molecule has 0 aliphatic carbocycles. The van der Waals surface area contributed by atoms with Gasteiger partial charge in [-0.1, -0.05) is 29.8 Å². The molecule has 2 aromatic carbocycles. The minimum atomic E-state index is -4.10. The summed E-state index contributed by atoms with van der Waals surface area (Å²) in [6.07, 6.45) is -0.435. The molecule has 0 aliphatic rings. The molecule has 2 rings (SSSR count). The third-order valence-corrected chi connectivity index (χ3v) is 6.16. The van der Waals surface area contributed by atoms with Crippen LogP contribution in [0.2, 0.25) is 0 Å². The van der Waals surface area contributed by atoms with E-state index in [0.29, 0.717) is 0 Å². The number of amides is 3. The van der Waals surface area contributed by atoms with Crippen LogP contribution in [0.1, 0.15) is 43.1 Å². The van der Waals surface area contributed by atoms with Gasteiger partial charge in [-0.25, -0.2) is 12.8 Å². The van der Waals surface area contributed by atoms with Crippen molar-refractivity contribution >= 4 is 27.7 Å². The molecular weight excluding hydrogens is 475 g/mol. The van der Waals surface area contributed by atoms with Crippen LogP contribution in [0.5, 0.6) is 0 Å². The summed E-state index contributed by atoms with van der Waals surface area (Å²) in [5.41, 5.74) is 0.145. The maximum atomic E-state index is 13.7. The van der Waals surface area contributed by atoms with Crippen molar-refractivity contribution in [1.82, 2.24) is 20.7 Å². The molecule has 190 valence electrons. The highest BCUT2D eigenvalue weighted by molar-refractivity contribution is 7.89. The second-order valence-corrected chi connectivity index (χ2v) is 10.7. The van der Waals surface area contributed by atoms with Gasteiger partial charge in [0.1, 0.15) is 11.9 Å². The van der Waals surface area contributed by atoms with Crippen LogP contribution in [0.15, 0.2) is 53.4 Å². The summed E-state index contributed by atoms with van der Waals surface area (Å²) in [4.78, 5) is 37.3. The van der Waals surface area contributed by atoms with Crippen molar-refractivity contribution in [2.45, 2.75) is 50.6 Å². The molecule has 0 fully saturated rings. The predicted molar refractivity (Wildman–Crippen MR) is 130 cm³/mol. The lowest BCUT2D eigenvalue weighted by Crippen LogP contribution is -2.51. The number of carbonyl (C=O) groups excluding carboxylic acids is 3. The minimum Gasteiger partial charge on any atom is -0.353 e. The predicted octanol–water partition coefficient (Wildman–Crippen LogP) is 1.63. The maximum absolute atomic E-state index is 13.7. The maximum Gasteiger partial charge on any atom is 0.254 e. The Labute approximate surface area is 204 Å². The Bertz CT molecular complexity index is 1160. The zero-order valence-corrected chi connectivity index (χ0v) is 21.0. The molecule has 2 aromatic rings. The molecule has 3 amide bonds. The molecule has 0 aromatic heterocycles. The highest BCUT2D eigenvalue weighted by Gasteiger charge is 2.29. The van der Waals surface area contributed by atoms with E-state index in [4.69, 9.17) is 0 Å². The SMILES string of the molecule is Cc1ccc(S(=O)(=O)N[C@@H](CC(=O)NC(C)(C)C)C(=O)NCCNC(=O)c2ccccc2F)cc1. The summed E-state index contributed by atoms with van der Waals surface area (Å²) in [5.74, 6) is -2.59. The Balaban J connectivity index is 2.05. The number of nitrogens with one attached hydrogen (secondary N) is 4. The van der Waals surface area contributed by atoms with E-state index in [-0.39, 0.29) is 23.5 Å². The lowest BCUT2D eigenvalue weighted by atomic mass is 10.1. The molecule has 0 heterocycles. The van der Waals surface area contributed by atoms with E-state index < -0.39 is 51.6 Å². The quantitative estimate of drug-likeness (QED) is 0.364. The summed E-state index contributed by atoms with van der Waals surface area (Å²) in [7, 11) is -4.10. The van der Waals surface area contributed by atoms with Gasteiger partial charge in [0.15, 0.2) is 0 Å². The fourth-order valence-electron chi connectivity index (χ4n) is 3.04. The zero-order chi connectivity index (χ0) is 26.2. The highest BCUT2D eigenvalue weighted by atomic mass is 32.2. The van der Waals surface area contributed by atoms with Crippen molar-refractivity contribution in [3.05, 3.63) is 65.5 Å².